The van der Waals surface area contributed by atoms with Gasteiger partial charge in [-0.2, -0.15) is 0 Å². The number of nitrogens with zero attached hydrogens (tertiary/aromatic N) is 1. The van der Waals surface area contributed by atoms with Crippen molar-refractivity contribution in [3.63, 3.8) is 0 Å². The highest BCUT2D eigenvalue weighted by atomic mass is 32.2. The van der Waals surface area contributed by atoms with Gasteiger partial charge in [0.2, 0.25) is 15.9 Å². The van der Waals surface area contributed by atoms with E-state index in [0.29, 0.717) is 19.4 Å². The minimum absolute atomic E-state index is 0.0592. The molecular formula is C11H20N2O5S. The van der Waals surface area contributed by atoms with Gasteiger partial charge in [-0.15, -0.1) is 0 Å². The normalized spacial score (nSPS) is 24.6. The Labute approximate surface area is 112 Å². The van der Waals surface area contributed by atoms with E-state index in [4.69, 9.17) is 10.8 Å². The highest BCUT2D eigenvalue weighted by molar-refractivity contribution is 7.88. The largest absolute Gasteiger partial charge is 0.480 e. The minimum atomic E-state index is -3.29. The summed E-state index contributed by atoms with van der Waals surface area (Å²) in [4.78, 5) is 22.5. The van der Waals surface area contributed by atoms with Gasteiger partial charge in [0.15, 0.2) is 0 Å². The van der Waals surface area contributed by atoms with Gasteiger partial charge in [-0.3, -0.25) is 9.59 Å². The van der Waals surface area contributed by atoms with Crippen LogP contribution in [0.5, 0.6) is 0 Å². The Kier molecular flexibility index (Phi) is 4.57. The Balaban J connectivity index is 2.82. The third-order valence-corrected chi connectivity index (χ3v) is 4.93. The molecule has 0 bridgehead atoms. The summed E-state index contributed by atoms with van der Waals surface area (Å²) in [5.41, 5.74) is 3.51. The van der Waals surface area contributed by atoms with Gasteiger partial charge in [-0.05, 0) is 32.1 Å². The average Bonchev–Trinajstić information content (AvgIpc) is 2.27. The van der Waals surface area contributed by atoms with Gasteiger partial charge in [0.25, 0.3) is 0 Å². The molecule has 0 spiro atoms. The maximum Gasteiger partial charge on any atom is 0.318 e. The number of primary amides is 1. The van der Waals surface area contributed by atoms with Crippen LogP contribution in [0.3, 0.4) is 0 Å². The van der Waals surface area contributed by atoms with Crippen molar-refractivity contribution in [2.24, 2.45) is 17.1 Å². The van der Waals surface area contributed by atoms with Crippen LogP contribution in [0.25, 0.3) is 0 Å². The second-order valence-electron chi connectivity index (χ2n) is 5.33. The third-order valence-electron chi connectivity index (χ3n) is 3.66. The van der Waals surface area contributed by atoms with E-state index in [9.17, 15) is 18.0 Å². The lowest BCUT2D eigenvalue weighted by molar-refractivity contribution is -0.154. The van der Waals surface area contributed by atoms with Gasteiger partial charge < -0.3 is 10.8 Å². The Morgan fingerprint density at radius 2 is 2.05 bits per heavy atom. The van der Waals surface area contributed by atoms with Crippen molar-refractivity contribution in [3.05, 3.63) is 0 Å². The standard InChI is InChI=1S/C11H20N2O5S/c1-11(9(12)14,10(15)16)6-8-4-3-5-13(7-8)19(2,17)18/h8H,3-7H2,1-2H3,(H2,12,14)(H,15,16). The number of carbonyl (C=O) groups is 2. The van der Waals surface area contributed by atoms with Crippen LogP contribution in [-0.4, -0.2) is 49.1 Å². The highest BCUT2D eigenvalue weighted by Gasteiger charge is 2.42. The van der Waals surface area contributed by atoms with Crippen LogP contribution in [0, 0.1) is 11.3 Å². The molecule has 1 amide bonds. The molecule has 0 aliphatic carbocycles. The monoisotopic (exact) mass is 292 g/mol. The maximum absolute atomic E-state index is 11.5. The highest BCUT2D eigenvalue weighted by Crippen LogP contribution is 2.32. The predicted molar refractivity (Wildman–Crippen MR) is 68.7 cm³/mol. The van der Waals surface area contributed by atoms with Crippen LogP contribution >= 0.6 is 0 Å². The average molecular weight is 292 g/mol. The van der Waals surface area contributed by atoms with E-state index in [1.165, 1.54) is 11.2 Å². The first-order valence-electron chi connectivity index (χ1n) is 6.06. The van der Waals surface area contributed by atoms with E-state index in [-0.39, 0.29) is 18.9 Å². The molecule has 19 heavy (non-hydrogen) atoms. The molecule has 0 saturated carbocycles. The van der Waals surface area contributed by atoms with E-state index in [2.05, 4.69) is 0 Å². The summed E-state index contributed by atoms with van der Waals surface area (Å²) < 4.78 is 24.3. The molecule has 1 aliphatic rings. The Morgan fingerprint density at radius 1 is 1.47 bits per heavy atom. The van der Waals surface area contributed by atoms with Crippen molar-refractivity contribution in [1.29, 1.82) is 0 Å². The first-order chi connectivity index (χ1) is 8.57. The van der Waals surface area contributed by atoms with E-state index in [1.54, 1.807) is 0 Å². The summed E-state index contributed by atoms with van der Waals surface area (Å²) >= 11 is 0. The Morgan fingerprint density at radius 3 is 2.47 bits per heavy atom. The molecule has 0 aromatic rings. The van der Waals surface area contributed by atoms with Gasteiger partial charge >= 0.3 is 5.97 Å². The second kappa shape index (κ2) is 5.46. The van der Waals surface area contributed by atoms with Crippen molar-refractivity contribution in [3.8, 4) is 0 Å². The van der Waals surface area contributed by atoms with Gasteiger partial charge in [0.05, 0.1) is 6.26 Å². The van der Waals surface area contributed by atoms with Crippen LogP contribution in [0.1, 0.15) is 26.2 Å². The van der Waals surface area contributed by atoms with Gasteiger partial charge in [0.1, 0.15) is 5.41 Å². The number of hydrogen-bond donors (Lipinski definition) is 2. The van der Waals surface area contributed by atoms with E-state index >= 15 is 0 Å². The predicted octanol–water partition coefficient (Wildman–Crippen LogP) is -0.376. The zero-order valence-electron chi connectivity index (χ0n) is 11.1. The number of piperidine rings is 1. The zero-order valence-corrected chi connectivity index (χ0v) is 11.9. The first-order valence-corrected chi connectivity index (χ1v) is 7.90. The molecule has 1 saturated heterocycles. The zero-order chi connectivity index (χ0) is 14.8. The fourth-order valence-electron chi connectivity index (χ4n) is 2.37. The van der Waals surface area contributed by atoms with E-state index in [0.717, 1.165) is 6.26 Å². The number of sulfonamides is 1. The summed E-state index contributed by atoms with van der Waals surface area (Å²) in [7, 11) is -3.29. The molecule has 3 N–H and O–H groups in total. The number of carboxylic acids is 1. The lowest BCUT2D eigenvalue weighted by atomic mass is 9.78. The molecule has 0 aromatic carbocycles. The molecule has 110 valence electrons. The van der Waals surface area contributed by atoms with Crippen LogP contribution in [-0.2, 0) is 19.6 Å². The van der Waals surface area contributed by atoms with Gasteiger partial charge in [0, 0.05) is 13.1 Å². The number of aliphatic carboxylic acids is 1. The smallest absolute Gasteiger partial charge is 0.318 e. The molecule has 1 heterocycles. The van der Waals surface area contributed by atoms with Crippen LogP contribution in [0.2, 0.25) is 0 Å². The summed E-state index contributed by atoms with van der Waals surface area (Å²) in [6, 6.07) is 0. The van der Waals surface area contributed by atoms with Gasteiger partial charge in [-0.1, -0.05) is 0 Å². The SMILES string of the molecule is CC(CC1CCCN(S(C)(=O)=O)C1)(C(N)=O)C(=O)O. The number of nitrogens with two attached hydrogens (primary N) is 1. The Bertz CT molecular complexity index is 459. The molecule has 1 aliphatic heterocycles. The maximum atomic E-state index is 11.5. The molecule has 1 fully saturated rings. The van der Waals surface area contributed by atoms with Crippen LogP contribution in [0.15, 0.2) is 0 Å². The quantitative estimate of drug-likeness (QED) is 0.670. The minimum Gasteiger partial charge on any atom is -0.480 e. The van der Waals surface area contributed by atoms with Crippen molar-refractivity contribution in [2.75, 3.05) is 19.3 Å². The Hall–Kier alpha value is -1.15. The first kappa shape index (κ1) is 15.9. The number of rotatable bonds is 5. The second-order valence-corrected chi connectivity index (χ2v) is 7.32. The summed E-state index contributed by atoms with van der Waals surface area (Å²) in [5.74, 6) is -2.33. The van der Waals surface area contributed by atoms with Crippen molar-refractivity contribution >= 4 is 21.9 Å². The molecule has 2 unspecified atom stereocenters. The number of hydrogen-bond acceptors (Lipinski definition) is 4. The van der Waals surface area contributed by atoms with Crippen molar-refractivity contribution < 1.29 is 23.1 Å². The lowest BCUT2D eigenvalue weighted by Crippen LogP contribution is -2.46. The fourth-order valence-corrected chi connectivity index (χ4v) is 3.31. The third kappa shape index (κ3) is 3.66. The van der Waals surface area contributed by atoms with Crippen LogP contribution in [0.4, 0.5) is 0 Å². The molecule has 1 rings (SSSR count). The van der Waals surface area contributed by atoms with Crippen molar-refractivity contribution in [2.45, 2.75) is 26.2 Å². The fraction of sp³-hybridized carbons (Fsp3) is 0.818. The van der Waals surface area contributed by atoms with Gasteiger partial charge in [-0.25, -0.2) is 12.7 Å². The molecule has 2 atom stereocenters. The van der Waals surface area contributed by atoms with E-state index < -0.39 is 27.3 Å². The summed E-state index contributed by atoms with van der Waals surface area (Å²) in [5, 5.41) is 9.13. The lowest BCUT2D eigenvalue weighted by Gasteiger charge is -2.34. The number of amides is 1. The summed E-state index contributed by atoms with van der Waals surface area (Å²) in [6.07, 6.45) is 2.54. The summed E-state index contributed by atoms with van der Waals surface area (Å²) in [6.45, 7) is 1.97. The topological polar surface area (TPSA) is 118 Å². The van der Waals surface area contributed by atoms with E-state index in [1.807, 2.05) is 0 Å². The van der Waals surface area contributed by atoms with Crippen molar-refractivity contribution in [1.82, 2.24) is 4.31 Å². The molecule has 0 radical (unpaired) electrons. The number of carbonyl (C=O) groups excluding carboxylic acids is 1. The molecule has 7 nitrogen and oxygen atoms in total. The molecular weight excluding hydrogens is 272 g/mol. The molecule has 0 aromatic heterocycles. The van der Waals surface area contributed by atoms with Crippen LogP contribution < -0.4 is 5.73 Å². The molecule has 8 heteroatoms. The number of carboxylic acid groups (broad SMARTS) is 1.